The van der Waals surface area contributed by atoms with E-state index < -0.39 is 0 Å². The van der Waals surface area contributed by atoms with E-state index in [0.29, 0.717) is 30.4 Å². The molecule has 10 heteroatoms. The molecule has 4 aromatic rings. The standard InChI is InChI=1S/C25H29N7O3/c1-3-31(25(33)34-4-2)18-10-12-30(13-11-18)19-8-5-7-17(15-19)20-16-22-28-23(21-9-6-14-35-21)29-32(22)24(26)27-20/h5-9,14-16,18H,3-4,10-13H2,1-2H3,(H2,26,27). The first kappa shape index (κ1) is 22.7. The minimum atomic E-state index is -0.224. The van der Waals surface area contributed by atoms with Crippen molar-refractivity contribution in [3.8, 4) is 22.8 Å². The van der Waals surface area contributed by atoms with Gasteiger partial charge in [0.15, 0.2) is 11.4 Å². The Balaban J connectivity index is 1.34. The van der Waals surface area contributed by atoms with E-state index >= 15 is 0 Å². The Morgan fingerprint density at radius 1 is 1.17 bits per heavy atom. The normalized spacial score (nSPS) is 14.4. The number of carbonyl (C=O) groups is 1. The van der Waals surface area contributed by atoms with Crippen LogP contribution in [0.15, 0.2) is 53.1 Å². The number of furan rings is 1. The molecule has 1 aromatic carbocycles. The molecule has 1 aliphatic heterocycles. The van der Waals surface area contributed by atoms with Crippen LogP contribution in [0.3, 0.4) is 0 Å². The van der Waals surface area contributed by atoms with E-state index in [1.54, 1.807) is 18.4 Å². The van der Waals surface area contributed by atoms with Crippen LogP contribution in [-0.4, -0.2) is 62.9 Å². The third kappa shape index (κ3) is 4.51. The van der Waals surface area contributed by atoms with Gasteiger partial charge in [0.1, 0.15) is 0 Å². The summed E-state index contributed by atoms with van der Waals surface area (Å²) in [5.41, 5.74) is 9.59. The van der Waals surface area contributed by atoms with Gasteiger partial charge in [-0.2, -0.15) is 4.52 Å². The molecule has 1 fully saturated rings. The minimum Gasteiger partial charge on any atom is -0.461 e. The fourth-order valence-corrected chi connectivity index (χ4v) is 4.61. The monoisotopic (exact) mass is 475 g/mol. The first-order chi connectivity index (χ1) is 17.1. The van der Waals surface area contributed by atoms with Gasteiger partial charge in [-0.25, -0.2) is 14.8 Å². The van der Waals surface area contributed by atoms with Crippen molar-refractivity contribution < 1.29 is 13.9 Å². The third-order valence-corrected chi connectivity index (χ3v) is 6.35. The molecule has 35 heavy (non-hydrogen) atoms. The van der Waals surface area contributed by atoms with E-state index in [-0.39, 0.29) is 18.1 Å². The lowest BCUT2D eigenvalue weighted by Crippen LogP contribution is -2.47. The van der Waals surface area contributed by atoms with E-state index in [1.165, 1.54) is 4.52 Å². The number of carbonyl (C=O) groups excluding carboxylic acids is 1. The van der Waals surface area contributed by atoms with Crippen LogP contribution in [0.1, 0.15) is 26.7 Å². The summed E-state index contributed by atoms with van der Waals surface area (Å²) >= 11 is 0. The number of ether oxygens (including phenoxy) is 1. The predicted molar refractivity (Wildman–Crippen MR) is 133 cm³/mol. The van der Waals surface area contributed by atoms with Crippen molar-refractivity contribution in [2.45, 2.75) is 32.7 Å². The van der Waals surface area contributed by atoms with Gasteiger partial charge >= 0.3 is 6.09 Å². The number of nitrogen functional groups attached to an aromatic ring is 1. The summed E-state index contributed by atoms with van der Waals surface area (Å²) in [5, 5.41) is 4.41. The molecule has 0 saturated carbocycles. The molecule has 182 valence electrons. The Hall–Kier alpha value is -4.08. The molecule has 0 aliphatic carbocycles. The summed E-state index contributed by atoms with van der Waals surface area (Å²) in [4.78, 5) is 25.6. The third-order valence-electron chi connectivity index (χ3n) is 6.35. The summed E-state index contributed by atoms with van der Waals surface area (Å²) in [7, 11) is 0. The second-order valence-electron chi connectivity index (χ2n) is 8.44. The largest absolute Gasteiger partial charge is 0.461 e. The van der Waals surface area contributed by atoms with Gasteiger partial charge in [0, 0.05) is 43.0 Å². The van der Waals surface area contributed by atoms with Crippen molar-refractivity contribution in [3.63, 3.8) is 0 Å². The molecule has 0 atom stereocenters. The van der Waals surface area contributed by atoms with Gasteiger partial charge in [-0.05, 0) is 51.0 Å². The average molecular weight is 476 g/mol. The van der Waals surface area contributed by atoms with Crippen molar-refractivity contribution in [3.05, 3.63) is 48.7 Å². The smallest absolute Gasteiger partial charge is 0.409 e. The van der Waals surface area contributed by atoms with E-state index in [0.717, 1.165) is 42.9 Å². The maximum atomic E-state index is 12.3. The SMILES string of the molecule is CCOC(=O)N(CC)C1CCN(c2cccc(-c3cc4nc(-c5ccco5)nn4c(N)n3)c2)CC1. The zero-order valence-corrected chi connectivity index (χ0v) is 19.9. The van der Waals surface area contributed by atoms with Crippen molar-refractivity contribution in [1.82, 2.24) is 24.5 Å². The molecule has 0 unspecified atom stereocenters. The van der Waals surface area contributed by atoms with Gasteiger partial charge in [0.2, 0.25) is 11.8 Å². The first-order valence-electron chi connectivity index (χ1n) is 11.9. The molecule has 2 N–H and O–H groups in total. The van der Waals surface area contributed by atoms with Crippen LogP contribution in [0.2, 0.25) is 0 Å². The fraction of sp³-hybridized carbons (Fsp3) is 0.360. The van der Waals surface area contributed by atoms with Crippen molar-refractivity contribution in [2.24, 2.45) is 0 Å². The summed E-state index contributed by atoms with van der Waals surface area (Å²) in [6.07, 6.45) is 3.14. The van der Waals surface area contributed by atoms with Gasteiger partial charge in [0.05, 0.1) is 18.6 Å². The van der Waals surface area contributed by atoms with Crippen molar-refractivity contribution >= 4 is 23.4 Å². The molecule has 0 bridgehead atoms. The van der Waals surface area contributed by atoms with Crippen molar-refractivity contribution in [1.29, 1.82) is 0 Å². The van der Waals surface area contributed by atoms with Crippen LogP contribution < -0.4 is 10.6 Å². The molecule has 0 radical (unpaired) electrons. The highest BCUT2D eigenvalue weighted by Gasteiger charge is 2.28. The van der Waals surface area contributed by atoms with Crippen LogP contribution in [0, 0.1) is 0 Å². The summed E-state index contributed by atoms with van der Waals surface area (Å²) in [6.45, 7) is 6.59. The molecule has 4 heterocycles. The molecule has 5 rings (SSSR count). The number of hydrogen-bond acceptors (Lipinski definition) is 8. The van der Waals surface area contributed by atoms with Gasteiger partial charge in [-0.1, -0.05) is 12.1 Å². The lowest BCUT2D eigenvalue weighted by Gasteiger charge is -2.38. The average Bonchev–Trinajstić information content (AvgIpc) is 3.56. The summed E-state index contributed by atoms with van der Waals surface area (Å²) in [6, 6.07) is 13.9. The molecule has 1 saturated heterocycles. The first-order valence-corrected chi connectivity index (χ1v) is 11.9. The van der Waals surface area contributed by atoms with Crippen LogP contribution in [0.25, 0.3) is 28.5 Å². The molecule has 1 amide bonds. The lowest BCUT2D eigenvalue weighted by atomic mass is 10.0. The number of piperidine rings is 1. The van der Waals surface area contributed by atoms with E-state index in [2.05, 4.69) is 32.1 Å². The second kappa shape index (κ2) is 9.65. The predicted octanol–water partition coefficient (Wildman–Crippen LogP) is 4.08. The number of nitrogens with two attached hydrogens (primary N) is 1. The number of aromatic nitrogens is 4. The molecule has 10 nitrogen and oxygen atoms in total. The van der Waals surface area contributed by atoms with E-state index in [9.17, 15) is 4.79 Å². The Labute approximate surface area is 203 Å². The number of benzene rings is 1. The quantitative estimate of drug-likeness (QED) is 0.444. The number of amides is 1. The number of hydrogen-bond donors (Lipinski definition) is 1. The van der Waals surface area contributed by atoms with Crippen LogP contribution in [0.5, 0.6) is 0 Å². The Kier molecular flexibility index (Phi) is 6.26. The van der Waals surface area contributed by atoms with E-state index in [1.807, 2.05) is 36.9 Å². The fourth-order valence-electron chi connectivity index (χ4n) is 4.61. The van der Waals surface area contributed by atoms with Crippen LogP contribution in [0.4, 0.5) is 16.4 Å². The second-order valence-corrected chi connectivity index (χ2v) is 8.44. The van der Waals surface area contributed by atoms with Gasteiger partial charge in [0.25, 0.3) is 0 Å². The zero-order valence-electron chi connectivity index (χ0n) is 19.9. The Morgan fingerprint density at radius 2 is 2.00 bits per heavy atom. The Bertz CT molecular complexity index is 1310. The Morgan fingerprint density at radius 3 is 2.71 bits per heavy atom. The zero-order chi connectivity index (χ0) is 24.4. The molecule has 1 aliphatic rings. The molecular formula is C25H29N7O3. The molecule has 0 spiro atoms. The van der Waals surface area contributed by atoms with Crippen molar-refractivity contribution in [2.75, 3.05) is 36.9 Å². The number of fused-ring (bicyclic) bond motifs is 1. The number of nitrogens with zero attached hydrogens (tertiary/aromatic N) is 6. The highest BCUT2D eigenvalue weighted by molar-refractivity contribution is 5.70. The number of rotatable bonds is 6. The molecular weight excluding hydrogens is 446 g/mol. The van der Waals surface area contributed by atoms with E-state index in [4.69, 9.17) is 14.9 Å². The van der Waals surface area contributed by atoms with Gasteiger partial charge < -0.3 is 24.7 Å². The highest BCUT2D eigenvalue weighted by atomic mass is 16.6. The maximum Gasteiger partial charge on any atom is 0.409 e. The lowest BCUT2D eigenvalue weighted by molar-refractivity contribution is 0.0867. The van der Waals surface area contributed by atoms with Crippen LogP contribution in [-0.2, 0) is 4.74 Å². The molecule has 3 aromatic heterocycles. The summed E-state index contributed by atoms with van der Waals surface area (Å²) < 4.78 is 12.1. The topological polar surface area (TPSA) is 115 Å². The maximum absolute atomic E-state index is 12.3. The van der Waals surface area contributed by atoms with Crippen LogP contribution >= 0.6 is 0 Å². The van der Waals surface area contributed by atoms with Gasteiger partial charge in [-0.15, -0.1) is 5.10 Å². The number of anilines is 2. The minimum absolute atomic E-state index is 0.193. The summed E-state index contributed by atoms with van der Waals surface area (Å²) in [5.74, 6) is 1.29. The van der Waals surface area contributed by atoms with Gasteiger partial charge in [-0.3, -0.25) is 0 Å². The highest BCUT2D eigenvalue weighted by Crippen LogP contribution is 2.29.